The van der Waals surface area contributed by atoms with Crippen LogP contribution < -0.4 is 16.0 Å². The lowest BCUT2D eigenvalue weighted by Crippen LogP contribution is -2.33. The minimum Gasteiger partial charge on any atom is -0.493 e. The first-order chi connectivity index (χ1) is 10.0. The first-order valence-corrected chi connectivity index (χ1v) is 6.27. The lowest BCUT2D eigenvalue weighted by atomic mass is 10.1. The molecule has 0 amide bonds. The van der Waals surface area contributed by atoms with Crippen molar-refractivity contribution in [3.8, 4) is 5.75 Å². The number of nitrogens with one attached hydrogen (secondary N) is 1. The minimum atomic E-state index is -1.12. The van der Waals surface area contributed by atoms with Gasteiger partial charge >= 0.3 is 5.69 Å². The fraction of sp³-hybridized carbons (Fsp3) is 0.214. The van der Waals surface area contributed by atoms with E-state index in [0.29, 0.717) is 18.6 Å². The van der Waals surface area contributed by atoms with Gasteiger partial charge in [-0.1, -0.05) is 12.1 Å². The zero-order valence-electron chi connectivity index (χ0n) is 11.3. The summed E-state index contributed by atoms with van der Waals surface area (Å²) in [6, 6.07) is 6.56. The molecule has 0 bridgehead atoms. The monoisotopic (exact) mass is 292 g/mol. The second-order valence-electron chi connectivity index (χ2n) is 4.22. The molecule has 2 aromatic rings. The number of aromatic nitrogens is 2. The third-order valence-corrected chi connectivity index (χ3v) is 2.77. The number of halogens is 1. The van der Waals surface area contributed by atoms with Crippen LogP contribution in [0.15, 0.2) is 40.1 Å². The number of hydrogen-bond donors (Lipinski definition) is 1. The van der Waals surface area contributed by atoms with E-state index in [1.807, 2.05) is 0 Å². The summed E-state index contributed by atoms with van der Waals surface area (Å²) in [5.74, 6) is -1.16. The van der Waals surface area contributed by atoms with Crippen LogP contribution in [0.3, 0.4) is 0 Å². The van der Waals surface area contributed by atoms with Crippen molar-refractivity contribution in [1.82, 2.24) is 9.55 Å². The molecule has 110 valence electrons. The number of ketones is 1. The molecule has 0 saturated heterocycles. The van der Waals surface area contributed by atoms with Gasteiger partial charge in [-0.05, 0) is 19.1 Å². The predicted molar refractivity (Wildman–Crippen MR) is 73.2 cm³/mol. The van der Waals surface area contributed by atoms with E-state index < -0.39 is 29.4 Å². The number of rotatable bonds is 5. The molecule has 0 aliphatic heterocycles. The summed E-state index contributed by atoms with van der Waals surface area (Å²) in [4.78, 5) is 36.5. The summed E-state index contributed by atoms with van der Waals surface area (Å²) in [6.45, 7) is 1.78. The Morgan fingerprint density at radius 1 is 1.33 bits per heavy atom. The first kappa shape index (κ1) is 14.7. The van der Waals surface area contributed by atoms with E-state index in [1.54, 1.807) is 36.2 Å². The normalized spacial score (nSPS) is 10.4. The summed E-state index contributed by atoms with van der Waals surface area (Å²) >= 11 is 0. The van der Waals surface area contributed by atoms with Gasteiger partial charge in [-0.15, -0.1) is 0 Å². The molecule has 6 nitrogen and oxygen atoms in total. The molecular formula is C14H13FN2O4. The van der Waals surface area contributed by atoms with Gasteiger partial charge in [0, 0.05) is 0 Å². The lowest BCUT2D eigenvalue weighted by molar-refractivity contribution is 0.0966. The highest BCUT2D eigenvalue weighted by Gasteiger charge is 2.14. The molecule has 1 N–H and O–H groups in total. The third-order valence-electron chi connectivity index (χ3n) is 2.77. The second-order valence-corrected chi connectivity index (χ2v) is 4.22. The molecule has 0 fully saturated rings. The molecule has 0 unspecified atom stereocenters. The Kier molecular flexibility index (Phi) is 4.32. The van der Waals surface area contributed by atoms with Gasteiger partial charge in [-0.3, -0.25) is 19.1 Å². The van der Waals surface area contributed by atoms with Crippen LogP contribution in [0.5, 0.6) is 5.75 Å². The van der Waals surface area contributed by atoms with Gasteiger partial charge in [0.25, 0.3) is 5.56 Å². The van der Waals surface area contributed by atoms with Crippen molar-refractivity contribution in [2.45, 2.75) is 13.5 Å². The SMILES string of the molecule is CCOc1ccccc1C(=O)Cn1cc(F)c(=O)[nH]c1=O. The summed E-state index contributed by atoms with van der Waals surface area (Å²) in [5.41, 5.74) is -1.67. The summed E-state index contributed by atoms with van der Waals surface area (Å²) in [7, 11) is 0. The molecule has 2 rings (SSSR count). The van der Waals surface area contributed by atoms with Crippen LogP contribution in [-0.4, -0.2) is 21.9 Å². The van der Waals surface area contributed by atoms with Crippen molar-refractivity contribution >= 4 is 5.78 Å². The zero-order chi connectivity index (χ0) is 15.4. The zero-order valence-corrected chi connectivity index (χ0v) is 11.3. The Morgan fingerprint density at radius 3 is 2.76 bits per heavy atom. The van der Waals surface area contributed by atoms with Crippen molar-refractivity contribution in [2.24, 2.45) is 0 Å². The highest BCUT2D eigenvalue weighted by molar-refractivity contribution is 5.98. The Bertz CT molecular complexity index is 779. The summed E-state index contributed by atoms with van der Waals surface area (Å²) in [6.07, 6.45) is 0.711. The molecule has 0 atom stereocenters. The highest BCUT2D eigenvalue weighted by atomic mass is 19.1. The number of para-hydroxylation sites is 1. The maximum Gasteiger partial charge on any atom is 0.328 e. The maximum absolute atomic E-state index is 13.2. The van der Waals surface area contributed by atoms with Gasteiger partial charge in [-0.25, -0.2) is 4.79 Å². The van der Waals surface area contributed by atoms with Crippen LogP contribution in [-0.2, 0) is 6.54 Å². The molecule has 21 heavy (non-hydrogen) atoms. The van der Waals surface area contributed by atoms with Crippen LogP contribution >= 0.6 is 0 Å². The van der Waals surface area contributed by atoms with Crippen molar-refractivity contribution in [1.29, 1.82) is 0 Å². The number of aromatic amines is 1. The Balaban J connectivity index is 2.33. The van der Waals surface area contributed by atoms with Gasteiger partial charge in [0.2, 0.25) is 5.82 Å². The average molecular weight is 292 g/mol. The van der Waals surface area contributed by atoms with E-state index in [-0.39, 0.29) is 5.56 Å². The molecule has 1 aromatic carbocycles. The fourth-order valence-corrected chi connectivity index (χ4v) is 1.82. The third kappa shape index (κ3) is 3.25. The van der Waals surface area contributed by atoms with Crippen LogP contribution in [0, 0.1) is 5.82 Å². The minimum absolute atomic E-state index is 0.290. The number of benzene rings is 1. The molecule has 0 radical (unpaired) electrons. The molecule has 1 aromatic heterocycles. The first-order valence-electron chi connectivity index (χ1n) is 6.27. The Hall–Kier alpha value is -2.70. The number of Topliss-reactive ketones (excluding diaryl/α,β-unsaturated/α-hetero) is 1. The number of carbonyl (C=O) groups is 1. The van der Waals surface area contributed by atoms with E-state index in [9.17, 15) is 18.8 Å². The molecule has 0 aliphatic rings. The van der Waals surface area contributed by atoms with Gasteiger partial charge in [0.15, 0.2) is 5.78 Å². The highest BCUT2D eigenvalue weighted by Crippen LogP contribution is 2.18. The van der Waals surface area contributed by atoms with Crippen LogP contribution in [0.25, 0.3) is 0 Å². The van der Waals surface area contributed by atoms with E-state index >= 15 is 0 Å². The Morgan fingerprint density at radius 2 is 2.05 bits per heavy atom. The van der Waals surface area contributed by atoms with E-state index in [4.69, 9.17) is 4.74 Å². The molecule has 0 saturated carbocycles. The largest absolute Gasteiger partial charge is 0.493 e. The van der Waals surface area contributed by atoms with E-state index in [0.717, 1.165) is 4.57 Å². The van der Waals surface area contributed by atoms with E-state index in [1.165, 1.54) is 0 Å². The van der Waals surface area contributed by atoms with Crippen LogP contribution in [0.1, 0.15) is 17.3 Å². The number of ether oxygens (including phenoxy) is 1. The van der Waals surface area contributed by atoms with Crippen molar-refractivity contribution < 1.29 is 13.9 Å². The number of carbonyl (C=O) groups excluding carboxylic acids is 1. The van der Waals surface area contributed by atoms with Crippen molar-refractivity contribution in [2.75, 3.05) is 6.61 Å². The van der Waals surface area contributed by atoms with E-state index in [2.05, 4.69) is 0 Å². The van der Waals surface area contributed by atoms with Gasteiger partial charge in [-0.2, -0.15) is 4.39 Å². The average Bonchev–Trinajstić information content (AvgIpc) is 2.45. The quantitative estimate of drug-likeness (QED) is 0.832. The predicted octanol–water partition coefficient (Wildman–Crippen LogP) is 0.957. The number of hydrogen-bond acceptors (Lipinski definition) is 4. The second kappa shape index (κ2) is 6.17. The number of H-pyrrole nitrogens is 1. The maximum atomic E-state index is 13.2. The summed E-state index contributed by atoms with van der Waals surface area (Å²) in [5, 5.41) is 0. The van der Waals surface area contributed by atoms with Gasteiger partial charge in [0.1, 0.15) is 5.75 Å². The van der Waals surface area contributed by atoms with Crippen LogP contribution in [0.4, 0.5) is 4.39 Å². The standard InChI is InChI=1S/C14H13FN2O4/c1-2-21-12-6-4-3-5-9(12)11(18)8-17-7-10(15)13(19)16-14(17)20/h3-7H,2,8H2,1H3,(H,16,19,20). The van der Waals surface area contributed by atoms with Crippen LogP contribution in [0.2, 0.25) is 0 Å². The van der Waals surface area contributed by atoms with Crippen molar-refractivity contribution in [3.63, 3.8) is 0 Å². The fourth-order valence-electron chi connectivity index (χ4n) is 1.82. The molecule has 0 aliphatic carbocycles. The molecular weight excluding hydrogens is 279 g/mol. The smallest absolute Gasteiger partial charge is 0.328 e. The molecule has 1 heterocycles. The van der Waals surface area contributed by atoms with Gasteiger partial charge in [0.05, 0.1) is 24.9 Å². The lowest BCUT2D eigenvalue weighted by Gasteiger charge is -2.09. The topological polar surface area (TPSA) is 81.2 Å². The molecule has 0 spiro atoms. The van der Waals surface area contributed by atoms with Crippen molar-refractivity contribution in [3.05, 3.63) is 62.7 Å². The number of nitrogens with zero attached hydrogens (tertiary/aromatic N) is 1. The van der Waals surface area contributed by atoms with Gasteiger partial charge < -0.3 is 4.74 Å². The Labute approximate surface area is 118 Å². The molecule has 7 heteroatoms. The summed E-state index contributed by atoms with van der Waals surface area (Å²) < 4.78 is 19.3.